The summed E-state index contributed by atoms with van der Waals surface area (Å²) in [4.78, 5) is 38.2. The molecule has 0 heterocycles. The number of amides is 2. The van der Waals surface area contributed by atoms with Crippen LogP contribution in [0.25, 0.3) is 6.08 Å². The molecule has 3 N–H and O–H groups in total. The molecule has 0 atom stereocenters. The van der Waals surface area contributed by atoms with Crippen LogP contribution in [-0.2, 0) is 14.3 Å². The minimum absolute atomic E-state index is 0.0846. The van der Waals surface area contributed by atoms with Gasteiger partial charge in [-0.3, -0.25) is 9.59 Å². The van der Waals surface area contributed by atoms with Crippen molar-refractivity contribution in [1.82, 2.24) is 0 Å². The van der Waals surface area contributed by atoms with Crippen molar-refractivity contribution >= 4 is 35.2 Å². The van der Waals surface area contributed by atoms with Gasteiger partial charge in [0.05, 0.1) is 25.5 Å². The molecule has 0 bridgehead atoms. The standard InChI is InChI=1S/C29H38N2O8/c1-5-6-7-8-9-10-15-39-19-27(33)31(2)23-18-21(12-13-22(23)29(35)36)30-26(32)14-11-20-16-24(37-3)28(34)25(17-20)38-4/h11-14,16-18,34H,5-10,15,19H2,1-4H3,(H,30,32)(H,35,36)/b14-11+. The molecular weight excluding hydrogens is 504 g/mol. The van der Waals surface area contributed by atoms with Gasteiger partial charge in [-0.2, -0.15) is 0 Å². The fourth-order valence-corrected chi connectivity index (χ4v) is 3.81. The van der Waals surface area contributed by atoms with Crippen LogP contribution in [0, 0.1) is 0 Å². The predicted octanol–water partition coefficient (Wildman–Crippen LogP) is 5.10. The van der Waals surface area contributed by atoms with Gasteiger partial charge < -0.3 is 34.6 Å². The van der Waals surface area contributed by atoms with E-state index in [1.54, 1.807) is 0 Å². The van der Waals surface area contributed by atoms with Crippen LogP contribution in [0.2, 0.25) is 0 Å². The Labute approximate surface area is 229 Å². The number of nitrogens with one attached hydrogen (secondary N) is 1. The zero-order valence-corrected chi connectivity index (χ0v) is 23.0. The summed E-state index contributed by atoms with van der Waals surface area (Å²) < 4.78 is 15.7. The second kappa shape index (κ2) is 16.0. The lowest BCUT2D eigenvalue weighted by atomic mass is 10.1. The smallest absolute Gasteiger partial charge is 0.337 e. The number of phenols is 1. The number of methoxy groups -OCH3 is 2. The average molecular weight is 543 g/mol. The summed E-state index contributed by atoms with van der Waals surface area (Å²) in [6, 6.07) is 7.27. The molecule has 2 amide bonds. The Kier molecular flexibility index (Phi) is 12.8. The average Bonchev–Trinajstić information content (AvgIpc) is 2.93. The van der Waals surface area contributed by atoms with Crippen molar-refractivity contribution in [3.63, 3.8) is 0 Å². The highest BCUT2D eigenvalue weighted by molar-refractivity contribution is 6.05. The van der Waals surface area contributed by atoms with E-state index in [2.05, 4.69) is 12.2 Å². The summed E-state index contributed by atoms with van der Waals surface area (Å²) in [6.45, 7) is 2.44. The molecule has 0 spiro atoms. The number of aromatic hydroxyl groups is 1. The Balaban J connectivity index is 2.05. The maximum atomic E-state index is 12.7. The molecule has 2 aromatic rings. The van der Waals surface area contributed by atoms with Gasteiger partial charge in [-0.25, -0.2) is 4.79 Å². The van der Waals surface area contributed by atoms with Crippen molar-refractivity contribution in [2.75, 3.05) is 44.7 Å². The number of carboxylic acid groups (broad SMARTS) is 1. The number of benzene rings is 2. The van der Waals surface area contributed by atoms with Crippen LogP contribution < -0.4 is 19.7 Å². The van der Waals surface area contributed by atoms with E-state index in [4.69, 9.17) is 14.2 Å². The van der Waals surface area contributed by atoms with Crippen molar-refractivity contribution < 1.29 is 38.8 Å². The number of anilines is 2. The fourth-order valence-electron chi connectivity index (χ4n) is 3.81. The lowest BCUT2D eigenvalue weighted by Crippen LogP contribution is -2.31. The van der Waals surface area contributed by atoms with Gasteiger partial charge in [0.1, 0.15) is 6.61 Å². The maximum absolute atomic E-state index is 12.7. The summed E-state index contributed by atoms with van der Waals surface area (Å²) in [7, 11) is 4.27. The molecule has 0 saturated heterocycles. The molecule has 0 fully saturated rings. The monoisotopic (exact) mass is 542 g/mol. The lowest BCUT2D eigenvalue weighted by Gasteiger charge is -2.20. The largest absolute Gasteiger partial charge is 0.502 e. The minimum Gasteiger partial charge on any atom is -0.502 e. The normalized spacial score (nSPS) is 10.9. The number of hydrogen-bond acceptors (Lipinski definition) is 7. The Bertz CT molecular complexity index is 1140. The van der Waals surface area contributed by atoms with Crippen molar-refractivity contribution in [1.29, 1.82) is 0 Å². The van der Waals surface area contributed by atoms with Crippen molar-refractivity contribution in [3.8, 4) is 17.2 Å². The number of unbranched alkanes of at least 4 members (excludes halogenated alkanes) is 5. The summed E-state index contributed by atoms with van der Waals surface area (Å²) in [5.74, 6) is -1.88. The van der Waals surface area contributed by atoms with E-state index < -0.39 is 17.8 Å². The highest BCUT2D eigenvalue weighted by Gasteiger charge is 2.19. The Morgan fingerprint density at radius 1 is 0.974 bits per heavy atom. The van der Waals surface area contributed by atoms with E-state index in [1.165, 1.54) is 87.9 Å². The topological polar surface area (TPSA) is 135 Å². The van der Waals surface area contributed by atoms with Crippen LogP contribution in [0.4, 0.5) is 11.4 Å². The molecule has 0 aliphatic rings. The van der Waals surface area contributed by atoms with Crippen LogP contribution in [0.5, 0.6) is 17.2 Å². The molecule has 39 heavy (non-hydrogen) atoms. The van der Waals surface area contributed by atoms with E-state index in [0.717, 1.165) is 19.3 Å². The third kappa shape index (κ3) is 9.64. The van der Waals surface area contributed by atoms with Gasteiger partial charge in [-0.1, -0.05) is 39.0 Å². The number of rotatable bonds is 16. The van der Waals surface area contributed by atoms with E-state index in [0.29, 0.717) is 17.9 Å². The van der Waals surface area contributed by atoms with Gasteiger partial charge in [0.2, 0.25) is 11.7 Å². The summed E-state index contributed by atoms with van der Waals surface area (Å²) in [5, 5.41) is 22.3. The molecule has 0 saturated carbocycles. The van der Waals surface area contributed by atoms with Gasteiger partial charge in [-0.05, 0) is 48.4 Å². The first-order chi connectivity index (χ1) is 18.7. The molecular formula is C29H38N2O8. The Morgan fingerprint density at radius 2 is 1.62 bits per heavy atom. The van der Waals surface area contributed by atoms with Crippen molar-refractivity contribution in [2.45, 2.75) is 45.4 Å². The molecule has 212 valence electrons. The fraction of sp³-hybridized carbons (Fsp3) is 0.414. The number of phenolic OH excluding ortho intramolecular Hbond substituents is 1. The number of carboxylic acids is 1. The predicted molar refractivity (Wildman–Crippen MR) is 150 cm³/mol. The summed E-state index contributed by atoms with van der Waals surface area (Å²) in [6.07, 6.45) is 9.40. The van der Waals surface area contributed by atoms with Crippen LogP contribution in [-0.4, -0.2) is 62.5 Å². The number of hydrogen-bond donors (Lipinski definition) is 3. The second-order valence-electron chi connectivity index (χ2n) is 8.91. The SMILES string of the molecule is CCCCCCCCOCC(=O)N(C)c1cc(NC(=O)/C=C/c2cc(OC)c(O)c(OC)c2)ccc1C(=O)O. The maximum Gasteiger partial charge on any atom is 0.337 e. The first-order valence-corrected chi connectivity index (χ1v) is 12.9. The van der Waals surface area contributed by atoms with E-state index in [1.807, 2.05) is 0 Å². The third-order valence-corrected chi connectivity index (χ3v) is 6.03. The number of carbonyl (C=O) groups is 3. The van der Waals surface area contributed by atoms with Gasteiger partial charge in [0.15, 0.2) is 11.5 Å². The highest BCUT2D eigenvalue weighted by atomic mass is 16.5. The summed E-state index contributed by atoms with van der Waals surface area (Å²) >= 11 is 0. The molecule has 0 radical (unpaired) electrons. The van der Waals surface area contributed by atoms with E-state index in [9.17, 15) is 24.6 Å². The van der Waals surface area contributed by atoms with E-state index in [-0.39, 0.29) is 35.1 Å². The second-order valence-corrected chi connectivity index (χ2v) is 8.91. The quantitative estimate of drug-likeness (QED) is 0.197. The zero-order chi connectivity index (χ0) is 28.8. The molecule has 0 aliphatic carbocycles. The first kappa shape index (κ1) is 31.2. The van der Waals surface area contributed by atoms with Crippen LogP contribution in [0.1, 0.15) is 61.4 Å². The Morgan fingerprint density at radius 3 is 2.23 bits per heavy atom. The summed E-state index contributed by atoms with van der Waals surface area (Å²) in [5.41, 5.74) is 0.895. The number of nitrogens with zero attached hydrogens (tertiary/aromatic N) is 1. The Hall–Kier alpha value is -4.05. The third-order valence-electron chi connectivity index (χ3n) is 6.03. The van der Waals surface area contributed by atoms with E-state index >= 15 is 0 Å². The van der Waals surface area contributed by atoms with Crippen LogP contribution in [0.15, 0.2) is 36.4 Å². The van der Waals surface area contributed by atoms with Gasteiger partial charge in [0, 0.05) is 25.4 Å². The molecule has 10 heteroatoms. The molecule has 0 aromatic heterocycles. The van der Waals surface area contributed by atoms with Gasteiger partial charge in [0.25, 0.3) is 5.91 Å². The molecule has 2 aromatic carbocycles. The van der Waals surface area contributed by atoms with Crippen molar-refractivity contribution in [3.05, 3.63) is 47.5 Å². The zero-order valence-electron chi connectivity index (χ0n) is 23.0. The molecule has 0 aliphatic heterocycles. The molecule has 2 rings (SSSR count). The number of ether oxygens (including phenoxy) is 3. The molecule has 10 nitrogen and oxygen atoms in total. The van der Waals surface area contributed by atoms with Crippen LogP contribution in [0.3, 0.4) is 0 Å². The number of carbonyl (C=O) groups excluding carboxylic acids is 2. The minimum atomic E-state index is -1.20. The number of aromatic carboxylic acids is 1. The van der Waals surface area contributed by atoms with Crippen LogP contribution >= 0.6 is 0 Å². The van der Waals surface area contributed by atoms with Crippen molar-refractivity contribution in [2.24, 2.45) is 0 Å². The van der Waals surface area contributed by atoms with Gasteiger partial charge >= 0.3 is 5.97 Å². The molecule has 0 unspecified atom stereocenters. The number of likely N-dealkylation sites (N-methyl/N-ethyl adjacent to an activating group) is 1. The first-order valence-electron chi connectivity index (χ1n) is 12.9. The highest BCUT2D eigenvalue weighted by Crippen LogP contribution is 2.37. The van der Waals surface area contributed by atoms with Gasteiger partial charge in [-0.15, -0.1) is 0 Å². The lowest BCUT2D eigenvalue weighted by molar-refractivity contribution is -0.122.